The van der Waals surface area contributed by atoms with Gasteiger partial charge in [0.05, 0.1) is 31.2 Å². The van der Waals surface area contributed by atoms with Crippen molar-refractivity contribution in [3.8, 4) is 5.75 Å². The molecule has 0 unspecified atom stereocenters. The van der Waals surface area contributed by atoms with Crippen molar-refractivity contribution in [3.63, 3.8) is 0 Å². The van der Waals surface area contributed by atoms with Crippen molar-refractivity contribution in [3.05, 3.63) is 46.4 Å². The summed E-state index contributed by atoms with van der Waals surface area (Å²) in [7, 11) is 2.92. The molecule has 3 N–H and O–H groups in total. The molecule has 2 aromatic carbocycles. The van der Waals surface area contributed by atoms with Crippen LogP contribution in [0.5, 0.6) is 5.75 Å². The zero-order chi connectivity index (χ0) is 15.4. The molecule has 0 heterocycles. The Morgan fingerprint density at radius 2 is 2.00 bits per heavy atom. The minimum absolute atomic E-state index is 0.324. The van der Waals surface area contributed by atoms with Gasteiger partial charge in [0.15, 0.2) is 0 Å². The molecule has 0 amide bonds. The van der Waals surface area contributed by atoms with Crippen LogP contribution in [0.2, 0.25) is 0 Å². The van der Waals surface area contributed by atoms with E-state index in [9.17, 15) is 4.79 Å². The van der Waals surface area contributed by atoms with Gasteiger partial charge in [-0.05, 0) is 24.3 Å². The second-order valence-corrected chi connectivity index (χ2v) is 5.18. The Labute approximate surface area is 131 Å². The van der Waals surface area contributed by atoms with Gasteiger partial charge < -0.3 is 20.5 Å². The third-order valence-electron chi connectivity index (χ3n) is 2.90. The van der Waals surface area contributed by atoms with E-state index in [4.69, 9.17) is 15.2 Å². The number of carbonyl (C=O) groups excluding carboxylic acids is 1. The van der Waals surface area contributed by atoms with Gasteiger partial charge in [0.1, 0.15) is 5.75 Å². The maximum Gasteiger partial charge on any atom is 0.340 e. The molecule has 2 rings (SSSR count). The summed E-state index contributed by atoms with van der Waals surface area (Å²) in [4.78, 5) is 11.6. The van der Waals surface area contributed by atoms with Crippen LogP contribution in [-0.4, -0.2) is 20.2 Å². The van der Waals surface area contributed by atoms with Crippen LogP contribution < -0.4 is 15.8 Å². The fraction of sp³-hybridized carbons (Fsp3) is 0.133. The summed E-state index contributed by atoms with van der Waals surface area (Å²) in [6.07, 6.45) is 0. The van der Waals surface area contributed by atoms with E-state index in [1.54, 1.807) is 25.3 Å². The first-order chi connectivity index (χ1) is 10.0. The summed E-state index contributed by atoms with van der Waals surface area (Å²) >= 11 is 3.41. The van der Waals surface area contributed by atoms with E-state index in [2.05, 4.69) is 21.2 Å². The van der Waals surface area contributed by atoms with Gasteiger partial charge in [0, 0.05) is 16.2 Å². The van der Waals surface area contributed by atoms with E-state index in [0.717, 1.165) is 10.2 Å². The molecule has 0 radical (unpaired) electrons. The van der Waals surface area contributed by atoms with E-state index in [-0.39, 0.29) is 0 Å². The minimum Gasteiger partial charge on any atom is -0.497 e. The second kappa shape index (κ2) is 6.49. The zero-order valence-corrected chi connectivity index (χ0v) is 13.2. The smallest absolute Gasteiger partial charge is 0.340 e. The number of nitrogen functional groups attached to an aromatic ring is 1. The molecule has 0 aliphatic rings. The second-order valence-electron chi connectivity index (χ2n) is 4.26. The fourth-order valence-corrected chi connectivity index (χ4v) is 2.34. The number of nitrogens with two attached hydrogens (primary N) is 1. The highest BCUT2D eigenvalue weighted by Crippen LogP contribution is 2.30. The number of esters is 1. The van der Waals surface area contributed by atoms with Gasteiger partial charge in [-0.2, -0.15) is 0 Å². The van der Waals surface area contributed by atoms with Gasteiger partial charge in [0.2, 0.25) is 0 Å². The van der Waals surface area contributed by atoms with Crippen LogP contribution in [0.4, 0.5) is 17.1 Å². The molecule has 0 bridgehead atoms. The number of hydrogen-bond acceptors (Lipinski definition) is 5. The first-order valence-corrected chi connectivity index (χ1v) is 6.93. The number of benzene rings is 2. The van der Waals surface area contributed by atoms with Gasteiger partial charge in [-0.25, -0.2) is 4.79 Å². The molecule has 6 heteroatoms. The van der Waals surface area contributed by atoms with Crippen LogP contribution >= 0.6 is 15.9 Å². The Hall–Kier alpha value is -2.21. The summed E-state index contributed by atoms with van der Waals surface area (Å²) in [5, 5.41) is 3.16. The lowest BCUT2D eigenvalue weighted by molar-refractivity contribution is 0.0602. The van der Waals surface area contributed by atoms with Crippen molar-refractivity contribution in [2.75, 3.05) is 25.3 Å². The fourth-order valence-electron chi connectivity index (χ4n) is 1.87. The lowest BCUT2D eigenvalue weighted by atomic mass is 10.1. The molecule has 0 saturated carbocycles. The van der Waals surface area contributed by atoms with E-state index >= 15 is 0 Å². The zero-order valence-electron chi connectivity index (χ0n) is 11.6. The highest BCUT2D eigenvalue weighted by Gasteiger charge is 2.13. The first kappa shape index (κ1) is 15.2. The van der Waals surface area contributed by atoms with Crippen molar-refractivity contribution < 1.29 is 14.3 Å². The molecule has 0 spiro atoms. The van der Waals surface area contributed by atoms with Gasteiger partial charge >= 0.3 is 5.97 Å². The minimum atomic E-state index is -0.469. The van der Waals surface area contributed by atoms with Crippen LogP contribution in [-0.2, 0) is 4.74 Å². The normalized spacial score (nSPS) is 10.0. The van der Waals surface area contributed by atoms with Crippen LogP contribution in [0.1, 0.15) is 10.4 Å². The third kappa shape index (κ3) is 3.46. The summed E-state index contributed by atoms with van der Waals surface area (Å²) in [5.74, 6) is 0.234. The number of carbonyl (C=O) groups is 1. The van der Waals surface area contributed by atoms with Crippen molar-refractivity contribution in [1.29, 1.82) is 0 Å². The van der Waals surface area contributed by atoms with Gasteiger partial charge in [0.25, 0.3) is 0 Å². The molecule has 2 aromatic rings. The topological polar surface area (TPSA) is 73.6 Å². The van der Waals surface area contributed by atoms with Crippen LogP contribution in [0, 0.1) is 0 Å². The van der Waals surface area contributed by atoms with Crippen LogP contribution in [0.25, 0.3) is 0 Å². The molecule has 5 nitrogen and oxygen atoms in total. The predicted molar refractivity (Wildman–Crippen MR) is 86.2 cm³/mol. The number of methoxy groups -OCH3 is 2. The predicted octanol–water partition coefficient (Wildman–Crippen LogP) is 3.57. The van der Waals surface area contributed by atoms with Crippen molar-refractivity contribution in [2.24, 2.45) is 0 Å². The summed E-state index contributed by atoms with van der Waals surface area (Å²) < 4.78 is 10.8. The molecular formula is C15H15BrN2O3. The van der Waals surface area contributed by atoms with E-state index in [1.165, 1.54) is 7.11 Å². The maximum atomic E-state index is 11.6. The largest absolute Gasteiger partial charge is 0.497 e. The Morgan fingerprint density at radius 3 is 2.67 bits per heavy atom. The van der Waals surface area contributed by atoms with Gasteiger partial charge in [-0.15, -0.1) is 0 Å². The number of anilines is 3. The number of halogens is 1. The Kier molecular flexibility index (Phi) is 4.70. The molecule has 0 saturated heterocycles. The Morgan fingerprint density at radius 1 is 1.24 bits per heavy atom. The Balaban J connectivity index is 2.36. The molecule has 0 aromatic heterocycles. The lowest BCUT2D eigenvalue weighted by Gasteiger charge is -2.13. The molecule has 0 aliphatic carbocycles. The highest BCUT2D eigenvalue weighted by atomic mass is 79.9. The Bertz CT molecular complexity index is 674. The molecule has 0 atom stereocenters. The average molecular weight is 351 g/mol. The van der Waals surface area contributed by atoms with E-state index in [1.807, 2.05) is 18.2 Å². The van der Waals surface area contributed by atoms with Gasteiger partial charge in [-0.3, -0.25) is 0 Å². The van der Waals surface area contributed by atoms with Crippen molar-refractivity contribution >= 4 is 39.0 Å². The molecular weight excluding hydrogens is 336 g/mol. The molecule has 21 heavy (non-hydrogen) atoms. The van der Waals surface area contributed by atoms with Crippen LogP contribution in [0.3, 0.4) is 0 Å². The summed E-state index contributed by atoms with van der Waals surface area (Å²) in [6, 6.07) is 10.7. The standard InChI is InChI=1S/C15H15BrN2O3/c1-20-11-7-9(16)6-10(8-11)18-13-5-3-4-12(14(13)17)15(19)21-2/h3-8,18H,17H2,1-2H3. The average Bonchev–Trinajstić information content (AvgIpc) is 2.48. The maximum absolute atomic E-state index is 11.6. The monoisotopic (exact) mass is 350 g/mol. The number of para-hydroxylation sites is 1. The molecule has 110 valence electrons. The van der Waals surface area contributed by atoms with E-state index in [0.29, 0.717) is 22.7 Å². The van der Waals surface area contributed by atoms with Crippen molar-refractivity contribution in [1.82, 2.24) is 0 Å². The third-order valence-corrected chi connectivity index (χ3v) is 3.36. The number of nitrogens with one attached hydrogen (secondary N) is 1. The number of rotatable bonds is 4. The highest BCUT2D eigenvalue weighted by molar-refractivity contribution is 9.10. The summed E-state index contributed by atoms with van der Waals surface area (Å²) in [6.45, 7) is 0. The SMILES string of the molecule is COC(=O)c1cccc(Nc2cc(Br)cc(OC)c2)c1N. The van der Waals surface area contributed by atoms with Crippen molar-refractivity contribution in [2.45, 2.75) is 0 Å². The number of ether oxygens (including phenoxy) is 2. The molecule has 0 fully saturated rings. The van der Waals surface area contributed by atoms with Crippen LogP contribution in [0.15, 0.2) is 40.9 Å². The number of hydrogen-bond donors (Lipinski definition) is 2. The summed E-state index contributed by atoms with van der Waals surface area (Å²) in [5.41, 5.74) is 8.08. The molecule has 0 aliphatic heterocycles. The quantitative estimate of drug-likeness (QED) is 0.651. The van der Waals surface area contributed by atoms with E-state index < -0.39 is 5.97 Å². The first-order valence-electron chi connectivity index (χ1n) is 6.13. The lowest BCUT2D eigenvalue weighted by Crippen LogP contribution is -2.07. The van der Waals surface area contributed by atoms with Gasteiger partial charge in [-0.1, -0.05) is 22.0 Å².